The zero-order chi connectivity index (χ0) is 10.7. The van der Waals surface area contributed by atoms with Gasteiger partial charge in [0, 0.05) is 30.3 Å². The van der Waals surface area contributed by atoms with Crippen LogP contribution < -0.4 is 4.90 Å². The fourth-order valence-electron chi connectivity index (χ4n) is 1.69. The number of rotatable bonds is 1. The van der Waals surface area contributed by atoms with E-state index >= 15 is 0 Å². The van der Waals surface area contributed by atoms with E-state index in [0.29, 0.717) is 10.8 Å². The first-order valence-corrected chi connectivity index (χ1v) is 6.07. The summed E-state index contributed by atoms with van der Waals surface area (Å²) < 4.78 is 0. The summed E-state index contributed by atoms with van der Waals surface area (Å²) in [6, 6.07) is 5.75. The molecule has 1 aliphatic heterocycles. The van der Waals surface area contributed by atoms with E-state index in [1.165, 1.54) is 0 Å². The second-order valence-corrected chi connectivity index (χ2v) is 5.19. The molecule has 0 spiro atoms. The van der Waals surface area contributed by atoms with E-state index < -0.39 is 0 Å². The highest BCUT2D eigenvalue weighted by atomic mass is 32.2. The monoisotopic (exact) mass is 219 g/mol. The van der Waals surface area contributed by atoms with E-state index in [4.69, 9.17) is 5.26 Å². The van der Waals surface area contributed by atoms with Crippen molar-refractivity contribution in [3.05, 3.63) is 23.9 Å². The summed E-state index contributed by atoms with van der Waals surface area (Å²) in [4.78, 5) is 6.56. The molecule has 4 heteroatoms. The molecular formula is C11H13N3S. The first kappa shape index (κ1) is 10.3. The van der Waals surface area contributed by atoms with Crippen molar-refractivity contribution in [1.82, 2.24) is 4.98 Å². The topological polar surface area (TPSA) is 39.9 Å². The molecule has 1 aromatic rings. The Morgan fingerprint density at radius 3 is 3.27 bits per heavy atom. The maximum absolute atomic E-state index is 8.81. The van der Waals surface area contributed by atoms with Crippen molar-refractivity contribution < 1.29 is 0 Å². The van der Waals surface area contributed by atoms with Crippen LogP contribution in [0.15, 0.2) is 18.3 Å². The maximum Gasteiger partial charge on any atom is 0.129 e. The van der Waals surface area contributed by atoms with Crippen LogP contribution in [0.4, 0.5) is 5.82 Å². The van der Waals surface area contributed by atoms with Gasteiger partial charge in [0.05, 0.1) is 11.6 Å². The lowest BCUT2D eigenvalue weighted by atomic mass is 10.2. The molecule has 1 fully saturated rings. The number of aromatic nitrogens is 1. The van der Waals surface area contributed by atoms with Gasteiger partial charge in [-0.3, -0.25) is 0 Å². The second-order valence-electron chi connectivity index (χ2n) is 3.64. The average molecular weight is 219 g/mol. The van der Waals surface area contributed by atoms with E-state index in [1.807, 2.05) is 17.8 Å². The Labute approximate surface area is 94.1 Å². The Bertz CT molecular complexity index is 386. The number of hydrogen-bond acceptors (Lipinski definition) is 4. The third kappa shape index (κ3) is 2.42. The van der Waals surface area contributed by atoms with Crippen molar-refractivity contribution in [3.8, 4) is 6.07 Å². The standard InChI is InChI=1S/C11H13N3S/c1-9-8-14(4-5-15-9)11-6-10(7-12)2-3-13-11/h2-3,6,9H,4-5,8H2,1H3. The number of pyridine rings is 1. The summed E-state index contributed by atoms with van der Waals surface area (Å²) in [5.74, 6) is 2.07. The fourth-order valence-corrected chi connectivity index (χ4v) is 2.70. The SMILES string of the molecule is CC1CN(c2cc(C#N)ccn2)CCS1. The van der Waals surface area contributed by atoms with Gasteiger partial charge in [-0.1, -0.05) is 6.92 Å². The lowest BCUT2D eigenvalue weighted by Crippen LogP contribution is -2.37. The lowest BCUT2D eigenvalue weighted by Gasteiger charge is -2.31. The van der Waals surface area contributed by atoms with E-state index in [9.17, 15) is 0 Å². The Morgan fingerprint density at radius 1 is 1.67 bits per heavy atom. The normalized spacial score (nSPS) is 21.1. The van der Waals surface area contributed by atoms with Gasteiger partial charge in [-0.15, -0.1) is 0 Å². The van der Waals surface area contributed by atoms with E-state index in [1.54, 1.807) is 12.3 Å². The van der Waals surface area contributed by atoms with Crippen LogP contribution >= 0.6 is 11.8 Å². The highest BCUT2D eigenvalue weighted by Gasteiger charge is 2.17. The summed E-state index contributed by atoms with van der Waals surface area (Å²) in [7, 11) is 0. The van der Waals surface area contributed by atoms with Crippen LogP contribution in [0, 0.1) is 11.3 Å². The summed E-state index contributed by atoms with van der Waals surface area (Å²) in [5, 5.41) is 9.46. The summed E-state index contributed by atoms with van der Waals surface area (Å²) in [6.07, 6.45) is 1.71. The van der Waals surface area contributed by atoms with E-state index in [-0.39, 0.29) is 0 Å². The van der Waals surface area contributed by atoms with Gasteiger partial charge in [0.2, 0.25) is 0 Å². The summed E-state index contributed by atoms with van der Waals surface area (Å²) in [6.45, 7) is 4.27. The minimum Gasteiger partial charge on any atom is -0.355 e. The van der Waals surface area contributed by atoms with Gasteiger partial charge >= 0.3 is 0 Å². The molecule has 0 saturated carbocycles. The van der Waals surface area contributed by atoms with Crippen molar-refractivity contribution in [2.75, 3.05) is 23.7 Å². The second kappa shape index (κ2) is 4.54. The smallest absolute Gasteiger partial charge is 0.129 e. The van der Waals surface area contributed by atoms with Gasteiger partial charge in [0.15, 0.2) is 0 Å². The zero-order valence-electron chi connectivity index (χ0n) is 8.68. The molecule has 3 nitrogen and oxygen atoms in total. The first-order chi connectivity index (χ1) is 7.29. The largest absolute Gasteiger partial charge is 0.355 e. The molecule has 1 unspecified atom stereocenters. The minimum absolute atomic E-state index is 0.645. The molecule has 2 heterocycles. The maximum atomic E-state index is 8.81. The molecule has 1 aromatic heterocycles. The van der Waals surface area contributed by atoms with Crippen molar-refractivity contribution in [2.45, 2.75) is 12.2 Å². The third-order valence-corrected chi connectivity index (χ3v) is 3.58. The molecule has 0 aliphatic carbocycles. The Hall–Kier alpha value is -1.21. The summed E-state index contributed by atoms with van der Waals surface area (Å²) in [5.41, 5.74) is 0.686. The van der Waals surface area contributed by atoms with Gasteiger partial charge in [-0.2, -0.15) is 17.0 Å². The number of anilines is 1. The van der Waals surface area contributed by atoms with E-state index in [0.717, 1.165) is 24.7 Å². The molecule has 1 aliphatic rings. The van der Waals surface area contributed by atoms with Crippen LogP contribution in [-0.4, -0.2) is 29.1 Å². The molecular weight excluding hydrogens is 206 g/mol. The predicted molar refractivity (Wildman–Crippen MR) is 63.1 cm³/mol. The molecule has 0 radical (unpaired) electrons. The van der Waals surface area contributed by atoms with Crippen LogP contribution in [0.25, 0.3) is 0 Å². The Morgan fingerprint density at radius 2 is 2.53 bits per heavy atom. The van der Waals surface area contributed by atoms with Crippen LogP contribution in [-0.2, 0) is 0 Å². The van der Waals surface area contributed by atoms with Gasteiger partial charge in [-0.25, -0.2) is 4.98 Å². The Kier molecular flexibility index (Phi) is 3.12. The predicted octanol–water partition coefficient (Wildman–Crippen LogP) is 1.89. The molecule has 0 N–H and O–H groups in total. The Balaban J connectivity index is 2.18. The van der Waals surface area contributed by atoms with Crippen LogP contribution in [0.5, 0.6) is 0 Å². The molecule has 0 bridgehead atoms. The lowest BCUT2D eigenvalue weighted by molar-refractivity contribution is 0.770. The van der Waals surface area contributed by atoms with Gasteiger partial charge in [0.25, 0.3) is 0 Å². The fraction of sp³-hybridized carbons (Fsp3) is 0.455. The van der Waals surface area contributed by atoms with Crippen molar-refractivity contribution in [3.63, 3.8) is 0 Å². The molecule has 2 rings (SSSR count). The first-order valence-electron chi connectivity index (χ1n) is 5.02. The minimum atomic E-state index is 0.645. The molecule has 0 amide bonds. The van der Waals surface area contributed by atoms with Gasteiger partial charge in [0.1, 0.15) is 5.82 Å². The molecule has 1 atom stereocenters. The summed E-state index contributed by atoms with van der Waals surface area (Å²) >= 11 is 1.99. The third-order valence-electron chi connectivity index (χ3n) is 2.44. The number of hydrogen-bond donors (Lipinski definition) is 0. The zero-order valence-corrected chi connectivity index (χ0v) is 9.50. The average Bonchev–Trinajstić information content (AvgIpc) is 2.29. The van der Waals surface area contributed by atoms with Crippen molar-refractivity contribution in [1.29, 1.82) is 5.26 Å². The van der Waals surface area contributed by atoms with Gasteiger partial charge in [-0.05, 0) is 12.1 Å². The number of thioether (sulfide) groups is 1. The molecule has 1 saturated heterocycles. The highest BCUT2D eigenvalue weighted by molar-refractivity contribution is 8.00. The van der Waals surface area contributed by atoms with E-state index in [2.05, 4.69) is 22.9 Å². The number of nitrogens with zero attached hydrogens (tertiary/aromatic N) is 3. The van der Waals surface area contributed by atoms with Crippen LogP contribution in [0.1, 0.15) is 12.5 Å². The highest BCUT2D eigenvalue weighted by Crippen LogP contribution is 2.22. The number of nitriles is 1. The van der Waals surface area contributed by atoms with Crippen LogP contribution in [0.2, 0.25) is 0 Å². The van der Waals surface area contributed by atoms with Crippen molar-refractivity contribution in [2.24, 2.45) is 0 Å². The van der Waals surface area contributed by atoms with Gasteiger partial charge < -0.3 is 4.90 Å². The molecule has 15 heavy (non-hydrogen) atoms. The van der Waals surface area contributed by atoms with Crippen molar-refractivity contribution >= 4 is 17.6 Å². The quantitative estimate of drug-likeness (QED) is 0.723. The van der Waals surface area contributed by atoms with Crippen LogP contribution in [0.3, 0.4) is 0 Å². The molecule has 0 aromatic carbocycles. The molecule has 78 valence electrons.